The first-order chi connectivity index (χ1) is 15.0. The molecule has 2 aromatic heterocycles. The topological polar surface area (TPSA) is 119 Å². The van der Waals surface area contributed by atoms with Crippen LogP contribution in [-0.2, 0) is 16.6 Å². The number of nitrogens with zero attached hydrogens (tertiary/aromatic N) is 4. The Labute approximate surface area is 178 Å². The Bertz CT molecular complexity index is 1260. The molecule has 0 saturated heterocycles. The first kappa shape index (κ1) is 20.2. The lowest BCUT2D eigenvalue weighted by atomic mass is 10.2. The Morgan fingerprint density at radius 3 is 2.26 bits per heavy atom. The van der Waals surface area contributed by atoms with Crippen LogP contribution in [0.4, 0.5) is 5.69 Å². The first-order valence-electron chi connectivity index (χ1n) is 9.26. The lowest BCUT2D eigenvalue weighted by Gasteiger charge is -2.09. The van der Waals surface area contributed by atoms with Gasteiger partial charge in [0.05, 0.1) is 16.3 Å². The quantitative estimate of drug-likeness (QED) is 0.461. The van der Waals surface area contributed by atoms with Crippen LogP contribution in [-0.4, -0.2) is 34.1 Å². The monoisotopic (exact) mass is 434 g/mol. The summed E-state index contributed by atoms with van der Waals surface area (Å²) in [6.45, 7) is 0.333. The van der Waals surface area contributed by atoms with Gasteiger partial charge in [-0.15, -0.1) is 0 Å². The fraction of sp³-hybridized carbons (Fsp3) is 0.0476. The summed E-state index contributed by atoms with van der Waals surface area (Å²) in [7, 11) is -3.75. The van der Waals surface area contributed by atoms with Crippen molar-refractivity contribution >= 4 is 21.6 Å². The number of carbonyl (C=O) groups is 1. The largest absolute Gasteiger partial charge is 0.348 e. The van der Waals surface area contributed by atoms with Crippen molar-refractivity contribution in [2.75, 3.05) is 4.72 Å². The second kappa shape index (κ2) is 8.76. The Balaban J connectivity index is 1.37. The van der Waals surface area contributed by atoms with Crippen molar-refractivity contribution in [3.8, 4) is 5.69 Å². The van der Waals surface area contributed by atoms with Crippen LogP contribution in [0.5, 0.6) is 0 Å². The third-order valence-electron chi connectivity index (χ3n) is 4.43. The molecule has 4 aromatic rings. The Morgan fingerprint density at radius 1 is 0.903 bits per heavy atom. The van der Waals surface area contributed by atoms with Crippen LogP contribution in [0.3, 0.4) is 0 Å². The highest BCUT2D eigenvalue weighted by Gasteiger charge is 2.15. The van der Waals surface area contributed by atoms with Crippen LogP contribution in [0.2, 0.25) is 0 Å². The molecule has 0 radical (unpaired) electrons. The van der Waals surface area contributed by atoms with Gasteiger partial charge in [-0.2, -0.15) is 5.10 Å². The molecule has 0 unspecified atom stereocenters. The maximum atomic E-state index is 12.5. The molecule has 2 heterocycles. The summed E-state index contributed by atoms with van der Waals surface area (Å²) >= 11 is 0. The van der Waals surface area contributed by atoms with E-state index in [0.29, 0.717) is 17.8 Å². The maximum Gasteiger partial charge on any atom is 0.261 e. The van der Waals surface area contributed by atoms with Crippen LogP contribution >= 0.6 is 0 Å². The van der Waals surface area contributed by atoms with Gasteiger partial charge in [-0.1, -0.05) is 12.1 Å². The first-order valence-corrected chi connectivity index (χ1v) is 10.7. The normalized spacial score (nSPS) is 11.1. The third-order valence-corrected chi connectivity index (χ3v) is 5.83. The standard InChI is InChI=1S/C21H18N6O3S/c28-21(24-13-16-1-5-19(6-2-16)27-15-23-14-25-27)17-3-7-20(8-4-17)31(29,30)26-18-9-11-22-12-10-18/h1-12,14-15H,13H2,(H,22,26)(H,24,28). The molecule has 0 saturated carbocycles. The zero-order valence-electron chi connectivity index (χ0n) is 16.2. The van der Waals surface area contributed by atoms with Gasteiger partial charge in [-0.3, -0.25) is 14.5 Å². The predicted octanol–water partition coefficient (Wildman–Crippen LogP) is 2.39. The van der Waals surface area contributed by atoms with Crippen molar-refractivity contribution in [2.45, 2.75) is 11.4 Å². The molecular formula is C21H18N6O3S. The molecule has 2 aromatic carbocycles. The SMILES string of the molecule is O=C(NCc1ccc(-n2cncn2)cc1)c1ccc(S(=O)(=O)Nc2ccncc2)cc1. The minimum absolute atomic E-state index is 0.0598. The van der Waals surface area contributed by atoms with Gasteiger partial charge in [0.15, 0.2) is 0 Å². The summed E-state index contributed by atoms with van der Waals surface area (Å²) in [5.41, 5.74) is 2.55. The molecule has 10 heteroatoms. The second-order valence-corrected chi connectivity index (χ2v) is 8.24. The number of hydrogen-bond acceptors (Lipinski definition) is 6. The van der Waals surface area contributed by atoms with Crippen LogP contribution < -0.4 is 10.0 Å². The van der Waals surface area contributed by atoms with E-state index in [-0.39, 0.29) is 10.8 Å². The molecule has 2 N–H and O–H groups in total. The van der Waals surface area contributed by atoms with Gasteiger partial charge < -0.3 is 5.32 Å². The Hall–Kier alpha value is -4.05. The molecule has 0 spiro atoms. The number of pyridine rings is 1. The number of nitrogens with one attached hydrogen (secondary N) is 2. The van der Waals surface area contributed by atoms with Gasteiger partial charge in [0, 0.05) is 24.5 Å². The number of rotatable bonds is 7. The van der Waals surface area contributed by atoms with E-state index in [2.05, 4.69) is 25.1 Å². The fourth-order valence-corrected chi connectivity index (χ4v) is 3.87. The number of sulfonamides is 1. The van der Waals surface area contributed by atoms with E-state index in [9.17, 15) is 13.2 Å². The molecule has 156 valence electrons. The van der Waals surface area contributed by atoms with E-state index in [1.165, 1.54) is 43.0 Å². The smallest absolute Gasteiger partial charge is 0.261 e. The zero-order valence-corrected chi connectivity index (χ0v) is 17.0. The highest BCUT2D eigenvalue weighted by Crippen LogP contribution is 2.16. The number of amides is 1. The molecule has 0 bridgehead atoms. The number of hydrogen-bond donors (Lipinski definition) is 2. The van der Waals surface area contributed by atoms with E-state index in [1.54, 1.807) is 23.1 Å². The highest BCUT2D eigenvalue weighted by atomic mass is 32.2. The lowest BCUT2D eigenvalue weighted by molar-refractivity contribution is 0.0951. The molecule has 9 nitrogen and oxygen atoms in total. The van der Waals surface area contributed by atoms with Crippen molar-refractivity contribution in [1.82, 2.24) is 25.1 Å². The van der Waals surface area contributed by atoms with Crippen LogP contribution in [0.1, 0.15) is 15.9 Å². The van der Waals surface area contributed by atoms with Crippen molar-refractivity contribution in [3.63, 3.8) is 0 Å². The molecule has 31 heavy (non-hydrogen) atoms. The minimum Gasteiger partial charge on any atom is -0.348 e. The molecule has 1 amide bonds. The number of anilines is 1. The second-order valence-electron chi connectivity index (χ2n) is 6.55. The molecule has 0 aliphatic carbocycles. The average molecular weight is 434 g/mol. The van der Waals surface area contributed by atoms with Crippen molar-refractivity contribution in [3.05, 3.63) is 96.8 Å². The predicted molar refractivity (Wildman–Crippen MR) is 114 cm³/mol. The van der Waals surface area contributed by atoms with E-state index in [4.69, 9.17) is 0 Å². The van der Waals surface area contributed by atoms with Gasteiger partial charge in [0.2, 0.25) is 0 Å². The summed E-state index contributed by atoms with van der Waals surface area (Å²) in [6, 6.07) is 16.4. The third kappa shape index (κ3) is 4.93. The molecule has 0 atom stereocenters. The van der Waals surface area contributed by atoms with E-state index in [1.807, 2.05) is 24.3 Å². The Morgan fingerprint density at radius 2 is 1.61 bits per heavy atom. The fourth-order valence-electron chi connectivity index (χ4n) is 2.81. The van der Waals surface area contributed by atoms with E-state index < -0.39 is 10.0 Å². The van der Waals surface area contributed by atoms with E-state index >= 15 is 0 Å². The van der Waals surface area contributed by atoms with Gasteiger partial charge >= 0.3 is 0 Å². The number of aromatic nitrogens is 4. The maximum absolute atomic E-state index is 12.5. The van der Waals surface area contributed by atoms with Crippen LogP contribution in [0, 0.1) is 0 Å². The highest BCUT2D eigenvalue weighted by molar-refractivity contribution is 7.92. The minimum atomic E-state index is -3.75. The lowest BCUT2D eigenvalue weighted by Crippen LogP contribution is -2.23. The van der Waals surface area contributed by atoms with Gasteiger partial charge in [0.1, 0.15) is 12.7 Å². The van der Waals surface area contributed by atoms with Crippen molar-refractivity contribution in [1.29, 1.82) is 0 Å². The zero-order chi connectivity index (χ0) is 21.7. The summed E-state index contributed by atoms with van der Waals surface area (Å²) in [5.74, 6) is -0.300. The van der Waals surface area contributed by atoms with Gasteiger partial charge in [0.25, 0.3) is 15.9 Å². The van der Waals surface area contributed by atoms with Crippen LogP contribution in [0.25, 0.3) is 5.69 Å². The molecular weight excluding hydrogens is 416 g/mol. The van der Waals surface area contributed by atoms with Crippen LogP contribution in [0.15, 0.2) is 90.6 Å². The van der Waals surface area contributed by atoms with Gasteiger partial charge in [-0.05, 0) is 54.1 Å². The van der Waals surface area contributed by atoms with E-state index in [0.717, 1.165) is 11.3 Å². The number of benzene rings is 2. The van der Waals surface area contributed by atoms with Crippen molar-refractivity contribution in [2.24, 2.45) is 0 Å². The summed E-state index contributed by atoms with van der Waals surface area (Å²) in [5, 5.41) is 6.89. The molecule has 0 aliphatic rings. The molecule has 0 fully saturated rings. The average Bonchev–Trinajstić information content (AvgIpc) is 3.33. The summed E-state index contributed by atoms with van der Waals surface area (Å²) in [6.07, 6.45) is 6.05. The van der Waals surface area contributed by atoms with Crippen molar-refractivity contribution < 1.29 is 13.2 Å². The summed E-state index contributed by atoms with van der Waals surface area (Å²) in [4.78, 5) is 20.2. The number of carbonyl (C=O) groups excluding carboxylic acids is 1. The van der Waals surface area contributed by atoms with Gasteiger partial charge in [-0.25, -0.2) is 18.1 Å². The Kier molecular flexibility index (Phi) is 5.72. The molecule has 4 rings (SSSR count). The summed E-state index contributed by atoms with van der Waals surface area (Å²) < 4.78 is 29.0. The molecule has 0 aliphatic heterocycles.